The Bertz CT molecular complexity index is 1340. The van der Waals surface area contributed by atoms with E-state index in [1.54, 1.807) is 12.4 Å². The molecule has 5 nitrogen and oxygen atoms in total. The van der Waals surface area contributed by atoms with Gasteiger partial charge in [0.25, 0.3) is 0 Å². The average Bonchev–Trinajstić information content (AvgIpc) is 2.85. The van der Waals surface area contributed by atoms with Crippen LogP contribution in [0.1, 0.15) is 17.2 Å². The average molecular weight is 419 g/mol. The van der Waals surface area contributed by atoms with Crippen molar-refractivity contribution in [3.63, 3.8) is 0 Å². The zero-order valence-corrected chi connectivity index (χ0v) is 17.2. The van der Waals surface area contributed by atoms with E-state index >= 15 is 0 Å². The molecule has 0 bridgehead atoms. The highest BCUT2D eigenvalue weighted by molar-refractivity contribution is 5.86. The zero-order chi connectivity index (χ0) is 21.8. The lowest BCUT2D eigenvalue weighted by molar-refractivity contribution is 0.470. The van der Waals surface area contributed by atoms with Crippen LogP contribution < -0.4 is 10.1 Å². The molecule has 0 saturated carbocycles. The molecule has 2 heterocycles. The number of nitrogens with zero attached hydrogens (tertiary/aromatic N) is 2. The standard InChI is InChI=1S/C27H21N3O2/c31-27-23(15-14-19-9-7-17-29-26(19)27)25(30-24-13-4-5-16-28-24)20-8-6-12-22(18-20)32-21-10-2-1-3-11-21/h1-18,25,31H,(H,28,30)/t25-/m0/s1. The van der Waals surface area contributed by atoms with Crippen molar-refractivity contribution in [1.82, 2.24) is 9.97 Å². The minimum atomic E-state index is -0.365. The molecule has 5 aromatic rings. The van der Waals surface area contributed by atoms with Gasteiger partial charge in [0.05, 0.1) is 6.04 Å². The Morgan fingerprint density at radius 3 is 2.38 bits per heavy atom. The zero-order valence-electron chi connectivity index (χ0n) is 17.2. The number of anilines is 1. The van der Waals surface area contributed by atoms with Gasteiger partial charge in [-0.25, -0.2) is 4.98 Å². The van der Waals surface area contributed by atoms with Crippen molar-refractivity contribution in [3.05, 3.63) is 121 Å². The number of hydrogen-bond donors (Lipinski definition) is 2. The minimum absolute atomic E-state index is 0.144. The number of rotatable bonds is 6. The van der Waals surface area contributed by atoms with E-state index in [-0.39, 0.29) is 11.8 Å². The summed E-state index contributed by atoms with van der Waals surface area (Å²) in [7, 11) is 0. The number of aromatic nitrogens is 2. The summed E-state index contributed by atoms with van der Waals surface area (Å²) in [5.41, 5.74) is 2.20. The number of hydrogen-bond acceptors (Lipinski definition) is 5. The molecule has 0 aliphatic rings. The molecule has 3 aromatic carbocycles. The molecule has 1 atom stereocenters. The lowest BCUT2D eigenvalue weighted by Crippen LogP contribution is -2.13. The second-order valence-corrected chi connectivity index (χ2v) is 7.36. The molecule has 2 aromatic heterocycles. The van der Waals surface area contributed by atoms with Crippen LogP contribution in [-0.2, 0) is 0 Å². The monoisotopic (exact) mass is 419 g/mol. The molecule has 32 heavy (non-hydrogen) atoms. The maximum absolute atomic E-state index is 11.1. The smallest absolute Gasteiger partial charge is 0.147 e. The van der Waals surface area contributed by atoms with E-state index in [0.717, 1.165) is 16.7 Å². The highest BCUT2D eigenvalue weighted by atomic mass is 16.5. The lowest BCUT2D eigenvalue weighted by atomic mass is 9.96. The van der Waals surface area contributed by atoms with Gasteiger partial charge in [-0.3, -0.25) is 4.98 Å². The third kappa shape index (κ3) is 4.09. The number of phenols is 1. The van der Waals surface area contributed by atoms with Crippen molar-refractivity contribution >= 4 is 16.7 Å². The van der Waals surface area contributed by atoms with Crippen LogP contribution in [0.2, 0.25) is 0 Å². The number of para-hydroxylation sites is 1. The Labute approximate surface area is 186 Å². The van der Waals surface area contributed by atoms with E-state index in [2.05, 4.69) is 15.3 Å². The fourth-order valence-electron chi connectivity index (χ4n) is 3.70. The van der Waals surface area contributed by atoms with Crippen LogP contribution in [0.3, 0.4) is 0 Å². The van der Waals surface area contributed by atoms with Crippen LogP contribution in [0.5, 0.6) is 17.2 Å². The normalized spacial score (nSPS) is 11.8. The van der Waals surface area contributed by atoms with E-state index in [0.29, 0.717) is 22.6 Å². The van der Waals surface area contributed by atoms with Gasteiger partial charge in [0, 0.05) is 23.3 Å². The maximum atomic E-state index is 11.1. The number of pyridine rings is 2. The fraction of sp³-hybridized carbons (Fsp3) is 0.0370. The molecule has 5 heteroatoms. The second kappa shape index (κ2) is 8.78. The molecule has 0 radical (unpaired) electrons. The SMILES string of the molecule is Oc1c([C@@H](Nc2ccccn2)c2cccc(Oc3ccccc3)c2)ccc2cccnc12. The molecular formula is C27H21N3O2. The highest BCUT2D eigenvalue weighted by Crippen LogP contribution is 2.37. The van der Waals surface area contributed by atoms with Gasteiger partial charge in [-0.05, 0) is 48.0 Å². The summed E-state index contributed by atoms with van der Waals surface area (Å²) >= 11 is 0. The van der Waals surface area contributed by atoms with E-state index in [4.69, 9.17) is 4.74 Å². The Morgan fingerprint density at radius 2 is 1.53 bits per heavy atom. The van der Waals surface area contributed by atoms with Crippen molar-refractivity contribution in [2.24, 2.45) is 0 Å². The van der Waals surface area contributed by atoms with Crippen LogP contribution in [0.4, 0.5) is 5.82 Å². The third-order valence-corrected chi connectivity index (χ3v) is 5.22. The molecule has 0 spiro atoms. The predicted octanol–water partition coefficient (Wildman–Crippen LogP) is 6.33. The Morgan fingerprint density at radius 1 is 0.719 bits per heavy atom. The van der Waals surface area contributed by atoms with Crippen molar-refractivity contribution in [2.75, 3.05) is 5.32 Å². The molecular weight excluding hydrogens is 398 g/mol. The van der Waals surface area contributed by atoms with E-state index in [1.165, 1.54) is 0 Å². The quantitative estimate of drug-likeness (QED) is 0.337. The highest BCUT2D eigenvalue weighted by Gasteiger charge is 2.21. The van der Waals surface area contributed by atoms with Crippen molar-refractivity contribution in [2.45, 2.75) is 6.04 Å². The van der Waals surface area contributed by atoms with Gasteiger partial charge >= 0.3 is 0 Å². The van der Waals surface area contributed by atoms with Gasteiger partial charge in [0.1, 0.15) is 28.6 Å². The van der Waals surface area contributed by atoms with Crippen molar-refractivity contribution in [3.8, 4) is 17.2 Å². The van der Waals surface area contributed by atoms with Gasteiger partial charge in [-0.15, -0.1) is 0 Å². The summed E-state index contributed by atoms with van der Waals surface area (Å²) in [6.45, 7) is 0. The van der Waals surface area contributed by atoms with Crippen LogP contribution in [0.15, 0.2) is 109 Å². The van der Waals surface area contributed by atoms with Crippen LogP contribution >= 0.6 is 0 Å². The first-order valence-electron chi connectivity index (χ1n) is 10.3. The number of phenolic OH excluding ortho intramolecular Hbond substituents is 1. The summed E-state index contributed by atoms with van der Waals surface area (Å²) in [5.74, 6) is 2.31. The molecule has 2 N–H and O–H groups in total. The molecule has 0 unspecified atom stereocenters. The summed E-state index contributed by atoms with van der Waals surface area (Å²) in [6.07, 6.45) is 3.41. The number of nitrogens with one attached hydrogen (secondary N) is 1. The first-order chi connectivity index (χ1) is 15.8. The number of fused-ring (bicyclic) bond motifs is 1. The van der Waals surface area contributed by atoms with E-state index < -0.39 is 0 Å². The van der Waals surface area contributed by atoms with Crippen LogP contribution in [0.25, 0.3) is 10.9 Å². The van der Waals surface area contributed by atoms with E-state index in [9.17, 15) is 5.11 Å². The van der Waals surface area contributed by atoms with E-state index in [1.807, 2.05) is 97.1 Å². The molecule has 0 aliphatic carbocycles. The van der Waals surface area contributed by atoms with Gasteiger partial charge in [-0.1, -0.05) is 54.6 Å². The molecule has 0 aliphatic heterocycles. The summed E-state index contributed by atoms with van der Waals surface area (Å²) in [4.78, 5) is 8.79. The summed E-state index contributed by atoms with van der Waals surface area (Å²) < 4.78 is 6.04. The minimum Gasteiger partial charge on any atom is -0.505 e. The van der Waals surface area contributed by atoms with Crippen molar-refractivity contribution in [1.29, 1.82) is 0 Å². The lowest BCUT2D eigenvalue weighted by Gasteiger charge is -2.22. The largest absolute Gasteiger partial charge is 0.505 e. The van der Waals surface area contributed by atoms with Gasteiger partial charge in [0.15, 0.2) is 0 Å². The van der Waals surface area contributed by atoms with Crippen LogP contribution in [0, 0.1) is 0 Å². The summed E-state index contributed by atoms with van der Waals surface area (Å²) in [5, 5.41) is 15.4. The Kier molecular flexibility index (Phi) is 5.37. The third-order valence-electron chi connectivity index (χ3n) is 5.22. The fourth-order valence-corrected chi connectivity index (χ4v) is 3.70. The first kappa shape index (κ1) is 19.6. The summed E-state index contributed by atoms with van der Waals surface area (Å²) in [6, 6.07) is 30.5. The Hall–Kier alpha value is -4.38. The van der Waals surface area contributed by atoms with Gasteiger partial charge < -0.3 is 15.2 Å². The maximum Gasteiger partial charge on any atom is 0.147 e. The Balaban J connectivity index is 1.58. The number of aromatic hydroxyl groups is 1. The molecule has 0 fully saturated rings. The number of ether oxygens (including phenoxy) is 1. The molecule has 0 amide bonds. The second-order valence-electron chi connectivity index (χ2n) is 7.36. The van der Waals surface area contributed by atoms with Gasteiger partial charge in [0.2, 0.25) is 0 Å². The predicted molar refractivity (Wildman–Crippen MR) is 126 cm³/mol. The van der Waals surface area contributed by atoms with Crippen LogP contribution in [-0.4, -0.2) is 15.1 Å². The molecule has 5 rings (SSSR count). The van der Waals surface area contributed by atoms with Gasteiger partial charge in [-0.2, -0.15) is 0 Å². The number of benzene rings is 3. The molecule has 156 valence electrons. The topological polar surface area (TPSA) is 67.3 Å². The first-order valence-corrected chi connectivity index (χ1v) is 10.3. The molecule has 0 saturated heterocycles. The van der Waals surface area contributed by atoms with Crippen molar-refractivity contribution < 1.29 is 9.84 Å².